The van der Waals surface area contributed by atoms with Crippen molar-refractivity contribution in [3.05, 3.63) is 113 Å². The first-order valence-corrected chi connectivity index (χ1v) is 12.3. The average molecular weight is 525 g/mol. The van der Waals surface area contributed by atoms with Gasteiger partial charge in [0.25, 0.3) is 5.91 Å². The number of hydrogen-bond donors (Lipinski definition) is 1. The third-order valence-corrected chi connectivity index (χ3v) is 6.19. The minimum absolute atomic E-state index is 0.196. The second-order valence-corrected chi connectivity index (χ2v) is 9.33. The molecule has 5 rings (SSSR count). The van der Waals surface area contributed by atoms with Gasteiger partial charge in [0.15, 0.2) is 6.61 Å². The van der Waals surface area contributed by atoms with Crippen LogP contribution in [0.3, 0.4) is 0 Å². The second kappa shape index (κ2) is 10.8. The molecule has 38 heavy (non-hydrogen) atoms. The number of benzene rings is 4. The van der Waals surface area contributed by atoms with Crippen molar-refractivity contribution >= 4 is 39.9 Å². The van der Waals surface area contributed by atoms with E-state index < -0.39 is 5.69 Å². The Hall–Kier alpha value is -4.62. The summed E-state index contributed by atoms with van der Waals surface area (Å²) in [4.78, 5) is 31.8. The van der Waals surface area contributed by atoms with Gasteiger partial charge in [-0.15, -0.1) is 0 Å². The standard InChI is InChI=1S/C30H25ClN4O3/c1-34(2)29-26-15-14-22(31)17-27(26)35(30(37)33-29)24-12-7-13-25(18-24)38-19-28(36)32-23-11-6-10-21(16-23)20-8-4-3-5-9-20/h3-18H,19H2,1-2H3,(H,32,36). The van der Waals surface area contributed by atoms with Gasteiger partial charge in [-0.25, -0.2) is 4.79 Å². The fraction of sp³-hybridized carbons (Fsp3) is 0.100. The van der Waals surface area contributed by atoms with Gasteiger partial charge < -0.3 is 15.0 Å². The predicted molar refractivity (Wildman–Crippen MR) is 153 cm³/mol. The van der Waals surface area contributed by atoms with Crippen molar-refractivity contribution in [1.29, 1.82) is 0 Å². The number of nitrogens with one attached hydrogen (secondary N) is 1. The minimum atomic E-state index is -0.448. The Morgan fingerprint density at radius 3 is 2.47 bits per heavy atom. The number of nitrogens with zero attached hydrogens (tertiary/aromatic N) is 3. The molecule has 7 nitrogen and oxygen atoms in total. The molecule has 0 bridgehead atoms. The summed E-state index contributed by atoms with van der Waals surface area (Å²) in [6.45, 7) is -0.196. The number of fused-ring (bicyclic) bond motifs is 1. The van der Waals surface area contributed by atoms with Gasteiger partial charge in [0, 0.05) is 36.3 Å². The number of rotatable bonds is 7. The van der Waals surface area contributed by atoms with Crippen LogP contribution in [0.25, 0.3) is 27.7 Å². The zero-order valence-corrected chi connectivity index (χ0v) is 21.6. The van der Waals surface area contributed by atoms with Gasteiger partial charge in [-0.3, -0.25) is 9.36 Å². The molecule has 1 N–H and O–H groups in total. The summed E-state index contributed by atoms with van der Waals surface area (Å²) < 4.78 is 7.25. The third-order valence-electron chi connectivity index (χ3n) is 5.96. The number of amides is 1. The molecule has 0 atom stereocenters. The molecule has 0 radical (unpaired) electrons. The second-order valence-electron chi connectivity index (χ2n) is 8.89. The molecule has 0 aliphatic carbocycles. The number of anilines is 2. The van der Waals surface area contributed by atoms with Crippen LogP contribution in [0, 0.1) is 0 Å². The number of carbonyl (C=O) groups is 1. The van der Waals surface area contributed by atoms with E-state index in [0.29, 0.717) is 33.5 Å². The van der Waals surface area contributed by atoms with Gasteiger partial charge in [-0.05, 0) is 53.6 Å². The zero-order valence-electron chi connectivity index (χ0n) is 20.9. The molecule has 0 spiro atoms. The number of hydrogen-bond acceptors (Lipinski definition) is 5. The highest BCUT2D eigenvalue weighted by atomic mass is 35.5. The van der Waals surface area contributed by atoms with Crippen LogP contribution in [0.15, 0.2) is 102 Å². The Morgan fingerprint density at radius 2 is 1.68 bits per heavy atom. The van der Waals surface area contributed by atoms with Gasteiger partial charge in [-0.1, -0.05) is 60.1 Å². The normalized spacial score (nSPS) is 10.8. The van der Waals surface area contributed by atoms with Gasteiger partial charge >= 0.3 is 5.69 Å². The maximum Gasteiger partial charge on any atom is 0.354 e. The van der Waals surface area contributed by atoms with Crippen molar-refractivity contribution < 1.29 is 9.53 Å². The van der Waals surface area contributed by atoms with Gasteiger partial charge in [0.2, 0.25) is 0 Å². The summed E-state index contributed by atoms with van der Waals surface area (Å²) in [5, 5.41) is 4.16. The predicted octanol–water partition coefficient (Wildman–Crippen LogP) is 5.79. The van der Waals surface area contributed by atoms with E-state index >= 15 is 0 Å². The Balaban J connectivity index is 1.35. The van der Waals surface area contributed by atoms with E-state index in [4.69, 9.17) is 16.3 Å². The summed E-state index contributed by atoms with van der Waals surface area (Å²) in [5.74, 6) is 0.694. The van der Waals surface area contributed by atoms with Crippen LogP contribution in [0.4, 0.5) is 11.5 Å². The highest BCUT2D eigenvalue weighted by molar-refractivity contribution is 6.31. The summed E-state index contributed by atoms with van der Waals surface area (Å²) in [6.07, 6.45) is 0. The Labute approximate surface area is 224 Å². The molecule has 0 saturated carbocycles. The van der Waals surface area contributed by atoms with Crippen LogP contribution in [-0.4, -0.2) is 36.2 Å². The lowest BCUT2D eigenvalue weighted by Gasteiger charge is -2.17. The third kappa shape index (κ3) is 5.38. The maximum absolute atomic E-state index is 13.1. The molecule has 4 aromatic carbocycles. The first-order valence-electron chi connectivity index (χ1n) is 12.0. The fourth-order valence-corrected chi connectivity index (χ4v) is 4.40. The molecule has 1 amide bonds. The van der Waals surface area contributed by atoms with Crippen molar-refractivity contribution in [2.24, 2.45) is 0 Å². The number of aromatic nitrogens is 2. The molecule has 1 heterocycles. The molecular weight excluding hydrogens is 500 g/mol. The van der Waals surface area contributed by atoms with E-state index in [-0.39, 0.29) is 12.5 Å². The van der Waals surface area contributed by atoms with E-state index in [1.165, 1.54) is 4.57 Å². The van der Waals surface area contributed by atoms with Crippen LogP contribution in [-0.2, 0) is 4.79 Å². The zero-order chi connectivity index (χ0) is 26.6. The van der Waals surface area contributed by atoms with Gasteiger partial charge in [-0.2, -0.15) is 4.98 Å². The van der Waals surface area contributed by atoms with Crippen LogP contribution >= 0.6 is 11.6 Å². The molecule has 0 fully saturated rings. The van der Waals surface area contributed by atoms with E-state index in [1.807, 2.05) is 74.8 Å². The fourth-order valence-electron chi connectivity index (χ4n) is 4.24. The minimum Gasteiger partial charge on any atom is -0.484 e. The first-order chi connectivity index (χ1) is 18.4. The largest absolute Gasteiger partial charge is 0.484 e. The summed E-state index contributed by atoms with van der Waals surface area (Å²) in [6, 6.07) is 29.9. The first kappa shape index (κ1) is 25.0. The summed E-state index contributed by atoms with van der Waals surface area (Å²) >= 11 is 6.27. The highest BCUT2D eigenvalue weighted by Gasteiger charge is 2.15. The monoisotopic (exact) mass is 524 g/mol. The van der Waals surface area contributed by atoms with Crippen LogP contribution in [0.5, 0.6) is 5.75 Å². The number of ether oxygens (including phenoxy) is 1. The van der Waals surface area contributed by atoms with Gasteiger partial charge in [0.05, 0.1) is 11.2 Å². The van der Waals surface area contributed by atoms with Crippen molar-refractivity contribution in [1.82, 2.24) is 9.55 Å². The molecule has 0 aliphatic heterocycles. The molecule has 0 saturated heterocycles. The Bertz CT molecular complexity index is 1680. The van der Waals surface area contributed by atoms with Gasteiger partial charge in [0.1, 0.15) is 11.6 Å². The van der Waals surface area contributed by atoms with E-state index in [9.17, 15) is 9.59 Å². The molecule has 0 unspecified atom stereocenters. The van der Waals surface area contributed by atoms with E-state index in [2.05, 4.69) is 10.3 Å². The Kier molecular flexibility index (Phi) is 7.11. The smallest absolute Gasteiger partial charge is 0.354 e. The highest BCUT2D eigenvalue weighted by Crippen LogP contribution is 2.28. The molecule has 1 aromatic heterocycles. The number of halogens is 1. The molecule has 8 heteroatoms. The lowest BCUT2D eigenvalue weighted by molar-refractivity contribution is -0.118. The average Bonchev–Trinajstić information content (AvgIpc) is 2.92. The molecule has 190 valence electrons. The van der Waals surface area contributed by atoms with Crippen LogP contribution in [0.2, 0.25) is 5.02 Å². The van der Waals surface area contributed by atoms with Crippen LogP contribution < -0.4 is 20.6 Å². The van der Waals surface area contributed by atoms with Crippen molar-refractivity contribution in [3.8, 4) is 22.6 Å². The van der Waals surface area contributed by atoms with Crippen LogP contribution in [0.1, 0.15) is 0 Å². The topological polar surface area (TPSA) is 76.5 Å². The van der Waals surface area contributed by atoms with E-state index in [0.717, 1.165) is 16.5 Å². The van der Waals surface area contributed by atoms with Crippen molar-refractivity contribution in [2.45, 2.75) is 0 Å². The summed E-state index contributed by atoms with van der Waals surface area (Å²) in [5.41, 5.74) is 3.47. The quantitative estimate of drug-likeness (QED) is 0.291. The molecule has 5 aromatic rings. The maximum atomic E-state index is 13.1. The molecular formula is C30H25ClN4O3. The Morgan fingerprint density at radius 1 is 0.921 bits per heavy atom. The number of carbonyl (C=O) groups excluding carboxylic acids is 1. The van der Waals surface area contributed by atoms with Crippen molar-refractivity contribution in [2.75, 3.05) is 30.9 Å². The lowest BCUT2D eigenvalue weighted by atomic mass is 10.1. The summed E-state index contributed by atoms with van der Waals surface area (Å²) in [7, 11) is 3.66. The van der Waals surface area contributed by atoms with E-state index in [1.54, 1.807) is 41.3 Å². The van der Waals surface area contributed by atoms with Crippen molar-refractivity contribution in [3.63, 3.8) is 0 Å². The molecule has 0 aliphatic rings. The SMILES string of the molecule is CN(C)c1nc(=O)n(-c2cccc(OCC(=O)Nc3cccc(-c4ccccc4)c3)c2)c2cc(Cl)ccc12. The lowest BCUT2D eigenvalue weighted by Crippen LogP contribution is -2.26.